The van der Waals surface area contributed by atoms with Crippen molar-refractivity contribution in [3.63, 3.8) is 0 Å². The molecule has 1 nitrogen and oxygen atoms in total. The Morgan fingerprint density at radius 3 is 2.18 bits per heavy atom. The Hall–Kier alpha value is -2.45. The number of hydrogen-bond donors (Lipinski definition) is 1. The van der Waals surface area contributed by atoms with Crippen LogP contribution >= 0.6 is 11.8 Å². The molecule has 0 atom stereocenters. The standard InChI is InChI=1S/C20H14OS/c21-20-18-9-5-4-6-14(18)12-15-10-11-17(13-19(15)20)22-16-7-2-1-3-8-16/h1-13,21H. The summed E-state index contributed by atoms with van der Waals surface area (Å²) in [6, 6.07) is 26.6. The highest BCUT2D eigenvalue weighted by Gasteiger charge is 2.07. The molecule has 0 spiro atoms. The van der Waals surface area contributed by atoms with Gasteiger partial charge in [0.05, 0.1) is 0 Å². The van der Waals surface area contributed by atoms with E-state index < -0.39 is 0 Å². The van der Waals surface area contributed by atoms with Gasteiger partial charge in [0.15, 0.2) is 0 Å². The van der Waals surface area contributed by atoms with Crippen LogP contribution in [-0.2, 0) is 0 Å². The van der Waals surface area contributed by atoms with Gasteiger partial charge >= 0.3 is 0 Å². The van der Waals surface area contributed by atoms with Crippen molar-refractivity contribution in [1.29, 1.82) is 0 Å². The maximum atomic E-state index is 10.6. The number of hydrogen-bond acceptors (Lipinski definition) is 2. The molecule has 0 heterocycles. The van der Waals surface area contributed by atoms with Gasteiger partial charge in [0, 0.05) is 20.6 Å². The number of benzene rings is 4. The van der Waals surface area contributed by atoms with Crippen molar-refractivity contribution >= 4 is 33.3 Å². The monoisotopic (exact) mass is 302 g/mol. The number of rotatable bonds is 2. The second-order valence-electron chi connectivity index (χ2n) is 5.24. The average Bonchev–Trinajstić information content (AvgIpc) is 2.57. The second-order valence-corrected chi connectivity index (χ2v) is 6.39. The average molecular weight is 302 g/mol. The molecule has 2 heteroatoms. The molecule has 4 aromatic carbocycles. The van der Waals surface area contributed by atoms with Crippen molar-refractivity contribution in [2.45, 2.75) is 9.79 Å². The highest BCUT2D eigenvalue weighted by atomic mass is 32.2. The highest BCUT2D eigenvalue weighted by Crippen LogP contribution is 2.37. The normalized spacial score (nSPS) is 11.1. The Bertz CT molecular complexity index is 961. The van der Waals surface area contributed by atoms with E-state index in [1.165, 1.54) is 4.90 Å². The molecule has 1 N–H and O–H groups in total. The Morgan fingerprint density at radius 1 is 0.591 bits per heavy atom. The van der Waals surface area contributed by atoms with Crippen molar-refractivity contribution < 1.29 is 5.11 Å². The van der Waals surface area contributed by atoms with Crippen LogP contribution in [0.1, 0.15) is 0 Å². The molecule has 0 saturated heterocycles. The molecule has 0 radical (unpaired) electrons. The van der Waals surface area contributed by atoms with Gasteiger partial charge in [0.25, 0.3) is 0 Å². The lowest BCUT2D eigenvalue weighted by Crippen LogP contribution is -1.80. The third-order valence-corrected chi connectivity index (χ3v) is 4.78. The minimum atomic E-state index is 0.364. The van der Waals surface area contributed by atoms with Crippen molar-refractivity contribution in [2.75, 3.05) is 0 Å². The van der Waals surface area contributed by atoms with E-state index in [0.29, 0.717) is 5.75 Å². The van der Waals surface area contributed by atoms with Gasteiger partial charge in [-0.05, 0) is 41.1 Å². The molecule has 0 aliphatic heterocycles. The summed E-state index contributed by atoms with van der Waals surface area (Å²) >= 11 is 1.71. The van der Waals surface area contributed by atoms with E-state index in [-0.39, 0.29) is 0 Å². The molecule has 0 unspecified atom stereocenters. The van der Waals surface area contributed by atoms with Crippen LogP contribution in [-0.4, -0.2) is 5.11 Å². The molecule has 4 aromatic rings. The van der Waals surface area contributed by atoms with Gasteiger partial charge in [-0.3, -0.25) is 0 Å². The first kappa shape index (κ1) is 13.2. The van der Waals surface area contributed by atoms with Crippen LogP contribution in [0.4, 0.5) is 0 Å². The van der Waals surface area contributed by atoms with E-state index in [1.54, 1.807) is 11.8 Å². The highest BCUT2D eigenvalue weighted by molar-refractivity contribution is 7.99. The minimum absolute atomic E-state index is 0.364. The summed E-state index contributed by atoms with van der Waals surface area (Å²) < 4.78 is 0. The van der Waals surface area contributed by atoms with Crippen LogP contribution < -0.4 is 0 Å². The molecule has 4 rings (SSSR count). The quantitative estimate of drug-likeness (QED) is 0.469. The van der Waals surface area contributed by atoms with Crippen LogP contribution in [0.3, 0.4) is 0 Å². The zero-order chi connectivity index (χ0) is 14.9. The number of aromatic hydroxyl groups is 1. The molecule has 0 amide bonds. The maximum Gasteiger partial charge on any atom is 0.131 e. The summed E-state index contributed by atoms with van der Waals surface area (Å²) in [6.07, 6.45) is 0. The van der Waals surface area contributed by atoms with E-state index in [9.17, 15) is 5.11 Å². The molecule has 22 heavy (non-hydrogen) atoms. The summed E-state index contributed by atoms with van der Waals surface area (Å²) in [7, 11) is 0. The Labute approximate surface area is 133 Å². The lowest BCUT2D eigenvalue weighted by Gasteiger charge is -2.08. The predicted octanol–water partition coefficient (Wildman–Crippen LogP) is 5.85. The minimum Gasteiger partial charge on any atom is -0.507 e. The van der Waals surface area contributed by atoms with Gasteiger partial charge < -0.3 is 5.11 Å². The fourth-order valence-corrected chi connectivity index (χ4v) is 3.58. The second kappa shape index (κ2) is 5.39. The van der Waals surface area contributed by atoms with E-state index in [0.717, 1.165) is 26.4 Å². The first-order valence-corrected chi connectivity index (χ1v) is 8.00. The number of phenolic OH excluding ortho intramolecular Hbond substituents is 1. The zero-order valence-corrected chi connectivity index (χ0v) is 12.7. The third-order valence-electron chi connectivity index (χ3n) is 3.79. The lowest BCUT2D eigenvalue weighted by molar-refractivity contribution is 0.487. The fourth-order valence-electron chi connectivity index (χ4n) is 2.71. The molecule has 0 fully saturated rings. The van der Waals surface area contributed by atoms with Crippen molar-refractivity contribution in [3.05, 3.63) is 78.9 Å². The van der Waals surface area contributed by atoms with Gasteiger partial charge in [-0.15, -0.1) is 0 Å². The molecule has 0 aliphatic rings. The number of phenols is 1. The van der Waals surface area contributed by atoms with Gasteiger partial charge in [-0.2, -0.15) is 0 Å². The molecular formula is C20H14OS. The molecule has 0 bridgehead atoms. The van der Waals surface area contributed by atoms with Gasteiger partial charge in [0.2, 0.25) is 0 Å². The smallest absolute Gasteiger partial charge is 0.131 e. The lowest BCUT2D eigenvalue weighted by atomic mass is 10.0. The summed E-state index contributed by atoms with van der Waals surface area (Å²) in [5.74, 6) is 0.364. The molecular weight excluding hydrogens is 288 g/mol. The van der Waals surface area contributed by atoms with Crippen LogP contribution in [0.5, 0.6) is 5.75 Å². The van der Waals surface area contributed by atoms with Crippen LogP contribution in [0.25, 0.3) is 21.5 Å². The first-order valence-electron chi connectivity index (χ1n) is 7.19. The van der Waals surface area contributed by atoms with Gasteiger partial charge in [0.1, 0.15) is 5.75 Å². The number of fused-ring (bicyclic) bond motifs is 2. The maximum absolute atomic E-state index is 10.6. The molecule has 0 saturated carbocycles. The first-order chi connectivity index (χ1) is 10.8. The van der Waals surface area contributed by atoms with Crippen LogP contribution in [0.2, 0.25) is 0 Å². The Balaban J connectivity index is 1.86. The van der Waals surface area contributed by atoms with Crippen LogP contribution in [0, 0.1) is 0 Å². The third kappa shape index (κ3) is 2.32. The van der Waals surface area contributed by atoms with Gasteiger partial charge in [-0.25, -0.2) is 0 Å². The topological polar surface area (TPSA) is 20.2 Å². The molecule has 0 aromatic heterocycles. The Kier molecular flexibility index (Phi) is 3.24. The zero-order valence-electron chi connectivity index (χ0n) is 11.9. The van der Waals surface area contributed by atoms with Crippen molar-refractivity contribution in [2.24, 2.45) is 0 Å². The van der Waals surface area contributed by atoms with Crippen molar-refractivity contribution in [1.82, 2.24) is 0 Å². The van der Waals surface area contributed by atoms with E-state index >= 15 is 0 Å². The molecule has 0 aliphatic carbocycles. The predicted molar refractivity (Wildman–Crippen MR) is 93.7 cm³/mol. The summed E-state index contributed by atoms with van der Waals surface area (Å²) in [6.45, 7) is 0. The molecule has 106 valence electrons. The van der Waals surface area contributed by atoms with Crippen molar-refractivity contribution in [3.8, 4) is 5.75 Å². The summed E-state index contributed by atoms with van der Waals surface area (Å²) in [5.41, 5.74) is 0. The SMILES string of the molecule is Oc1c2ccccc2cc2ccc(Sc3ccccc3)cc12. The largest absolute Gasteiger partial charge is 0.507 e. The Morgan fingerprint density at radius 2 is 1.32 bits per heavy atom. The van der Waals surface area contributed by atoms with E-state index in [2.05, 4.69) is 36.4 Å². The van der Waals surface area contributed by atoms with E-state index in [1.807, 2.05) is 42.5 Å². The van der Waals surface area contributed by atoms with E-state index in [4.69, 9.17) is 0 Å². The van der Waals surface area contributed by atoms with Crippen LogP contribution in [0.15, 0.2) is 88.7 Å². The fraction of sp³-hybridized carbons (Fsp3) is 0. The summed E-state index contributed by atoms with van der Waals surface area (Å²) in [5, 5.41) is 14.5. The van der Waals surface area contributed by atoms with Gasteiger partial charge in [-0.1, -0.05) is 60.3 Å². The summed E-state index contributed by atoms with van der Waals surface area (Å²) in [4.78, 5) is 2.33.